The van der Waals surface area contributed by atoms with Crippen LogP contribution < -0.4 is 15.1 Å². The zero-order chi connectivity index (χ0) is 30.2. The number of carbonyl (C=O) groups excluding carboxylic acids is 4. The molecule has 2 aliphatic rings. The van der Waals surface area contributed by atoms with Gasteiger partial charge in [-0.2, -0.15) is 0 Å². The molecule has 6 rings (SSSR count). The Morgan fingerprint density at radius 2 is 1.77 bits per heavy atom. The molecular formula is C30H23FN4O6S2. The van der Waals surface area contributed by atoms with Gasteiger partial charge in [-0.05, 0) is 67.1 Å². The number of esters is 1. The number of aromatic nitrogens is 2. The molecule has 4 aromatic rings. The van der Waals surface area contributed by atoms with Crippen molar-refractivity contribution in [2.75, 3.05) is 16.8 Å². The predicted octanol–water partition coefficient (Wildman–Crippen LogP) is 4.06. The number of amides is 3. The molecule has 0 spiro atoms. The summed E-state index contributed by atoms with van der Waals surface area (Å²) in [6, 6.07) is 14.8. The Morgan fingerprint density at radius 1 is 1.02 bits per heavy atom. The number of anilines is 2. The lowest BCUT2D eigenvalue weighted by Crippen LogP contribution is -2.33. The van der Waals surface area contributed by atoms with Gasteiger partial charge in [0.2, 0.25) is 17.7 Å². The number of halogens is 1. The van der Waals surface area contributed by atoms with E-state index in [0.717, 1.165) is 28.0 Å². The highest BCUT2D eigenvalue weighted by Crippen LogP contribution is 2.53. The van der Waals surface area contributed by atoms with Gasteiger partial charge in [-0.1, -0.05) is 29.2 Å². The molecule has 3 atom stereocenters. The van der Waals surface area contributed by atoms with E-state index in [9.17, 15) is 28.4 Å². The zero-order valence-corrected chi connectivity index (χ0v) is 24.2. The van der Waals surface area contributed by atoms with Crippen LogP contribution in [-0.2, 0) is 25.7 Å². The number of pyridine rings is 1. The van der Waals surface area contributed by atoms with Crippen LogP contribution in [0.25, 0.3) is 0 Å². The molecule has 0 unspecified atom stereocenters. The van der Waals surface area contributed by atoms with Crippen LogP contribution >= 0.6 is 23.1 Å². The molecule has 43 heavy (non-hydrogen) atoms. The van der Waals surface area contributed by atoms with E-state index in [1.807, 2.05) is 0 Å². The summed E-state index contributed by atoms with van der Waals surface area (Å²) in [5.74, 6) is -3.87. The minimum Gasteiger partial charge on any atom is -0.462 e. The first-order valence-electron chi connectivity index (χ1n) is 13.3. The average Bonchev–Trinajstić information content (AvgIpc) is 3.45. The third kappa shape index (κ3) is 5.25. The van der Waals surface area contributed by atoms with Crippen molar-refractivity contribution < 1.29 is 28.3 Å². The Bertz CT molecular complexity index is 1790. The van der Waals surface area contributed by atoms with E-state index in [2.05, 4.69) is 10.3 Å². The molecule has 0 bridgehead atoms. The van der Waals surface area contributed by atoms with Crippen molar-refractivity contribution in [3.05, 3.63) is 105 Å². The molecule has 10 nitrogen and oxygen atoms in total. The van der Waals surface area contributed by atoms with Crippen molar-refractivity contribution in [3.63, 3.8) is 0 Å². The van der Waals surface area contributed by atoms with Crippen molar-refractivity contribution >= 4 is 58.2 Å². The van der Waals surface area contributed by atoms with Gasteiger partial charge in [0.05, 0.1) is 28.8 Å². The SMILES string of the molecule is CCOC(=O)c1ccc(N2C(=O)[C@H]3[C@H](c4cccnc4)c4sc(=O)n(CC(=O)Nc5ccc(F)cc5)c4S[C@H]3C2=O)cc1. The van der Waals surface area contributed by atoms with Gasteiger partial charge in [0.1, 0.15) is 17.6 Å². The number of hydrogen-bond acceptors (Lipinski definition) is 9. The molecular weight excluding hydrogens is 595 g/mol. The molecule has 1 N–H and O–H groups in total. The summed E-state index contributed by atoms with van der Waals surface area (Å²) in [7, 11) is 0. The highest BCUT2D eigenvalue weighted by atomic mass is 32.2. The first-order chi connectivity index (χ1) is 20.8. The number of nitrogens with zero attached hydrogens (tertiary/aromatic N) is 3. The quantitative estimate of drug-likeness (QED) is 0.243. The fourth-order valence-corrected chi connectivity index (χ4v) is 8.04. The molecule has 13 heteroatoms. The largest absolute Gasteiger partial charge is 0.462 e. The van der Waals surface area contributed by atoms with Crippen LogP contribution in [-0.4, -0.2) is 45.1 Å². The van der Waals surface area contributed by atoms with E-state index in [1.165, 1.54) is 53.1 Å². The topological polar surface area (TPSA) is 128 Å². The number of imide groups is 1. The Kier molecular flexibility index (Phi) is 7.67. The second-order valence-electron chi connectivity index (χ2n) is 9.79. The highest BCUT2D eigenvalue weighted by molar-refractivity contribution is 8.00. The van der Waals surface area contributed by atoms with Gasteiger partial charge in [-0.15, -0.1) is 0 Å². The van der Waals surface area contributed by atoms with Gasteiger partial charge in [0.15, 0.2) is 0 Å². The predicted molar refractivity (Wildman–Crippen MR) is 158 cm³/mol. The lowest BCUT2D eigenvalue weighted by atomic mass is 9.84. The second-order valence-corrected chi connectivity index (χ2v) is 11.9. The van der Waals surface area contributed by atoms with Crippen LogP contribution in [0, 0.1) is 11.7 Å². The van der Waals surface area contributed by atoms with Gasteiger partial charge in [0.25, 0.3) is 0 Å². The van der Waals surface area contributed by atoms with Crippen LogP contribution in [0.3, 0.4) is 0 Å². The third-order valence-electron chi connectivity index (χ3n) is 7.16. The lowest BCUT2D eigenvalue weighted by Gasteiger charge is -2.30. The molecule has 3 amide bonds. The standard InChI is InChI=1S/C30H23FN4O6S2/c1-2-41-29(39)16-5-11-20(12-6-16)35-26(37)23-22(17-4-3-13-32-14-17)25-28(42-24(23)27(35)38)34(30(40)43-25)15-21(36)33-19-9-7-18(31)8-10-19/h3-14,22-24H,2,15H2,1H3,(H,33,36)/t22-,23-,24+/m0/s1. The maximum atomic E-state index is 14.0. The molecule has 2 aromatic carbocycles. The molecule has 2 aliphatic heterocycles. The third-order valence-corrected chi connectivity index (χ3v) is 9.76. The fraction of sp³-hybridized carbons (Fsp3) is 0.200. The fourth-order valence-electron chi connectivity index (χ4n) is 5.27. The van der Waals surface area contributed by atoms with Crippen LogP contribution in [0.15, 0.2) is 82.9 Å². The zero-order valence-electron chi connectivity index (χ0n) is 22.6. The minimum atomic E-state index is -0.879. The number of thioether (sulfide) groups is 1. The first-order valence-corrected chi connectivity index (χ1v) is 15.0. The van der Waals surface area contributed by atoms with Gasteiger partial charge in [0, 0.05) is 28.9 Å². The van der Waals surface area contributed by atoms with Crippen LogP contribution in [0.2, 0.25) is 0 Å². The number of carbonyl (C=O) groups is 4. The molecule has 0 saturated carbocycles. The molecule has 2 aromatic heterocycles. The normalized spacial score (nSPS) is 19.1. The summed E-state index contributed by atoms with van der Waals surface area (Å²) in [5.41, 5.74) is 1.62. The van der Waals surface area contributed by atoms with Gasteiger partial charge < -0.3 is 10.1 Å². The number of fused-ring (bicyclic) bond motifs is 2. The molecule has 1 fully saturated rings. The number of benzene rings is 2. The first kappa shape index (κ1) is 28.5. The van der Waals surface area contributed by atoms with E-state index in [1.54, 1.807) is 31.5 Å². The molecule has 1 saturated heterocycles. The van der Waals surface area contributed by atoms with Gasteiger partial charge in [-0.3, -0.25) is 28.7 Å². The Balaban J connectivity index is 1.35. The minimum absolute atomic E-state index is 0.211. The van der Waals surface area contributed by atoms with Crippen LogP contribution in [0.4, 0.5) is 15.8 Å². The lowest BCUT2D eigenvalue weighted by molar-refractivity contribution is -0.122. The number of thiazole rings is 1. The van der Waals surface area contributed by atoms with Crippen molar-refractivity contribution in [1.82, 2.24) is 9.55 Å². The van der Waals surface area contributed by atoms with E-state index >= 15 is 0 Å². The molecule has 0 aliphatic carbocycles. The summed E-state index contributed by atoms with van der Waals surface area (Å²) in [5, 5.41) is 2.20. The Hall–Kier alpha value is -4.62. The Labute approximate surface area is 252 Å². The number of rotatable bonds is 7. The molecule has 4 heterocycles. The summed E-state index contributed by atoms with van der Waals surface area (Å²) < 4.78 is 19.6. The number of hydrogen-bond donors (Lipinski definition) is 1. The van der Waals surface area contributed by atoms with Crippen molar-refractivity contribution in [2.24, 2.45) is 5.92 Å². The summed E-state index contributed by atoms with van der Waals surface area (Å²) in [4.78, 5) is 71.5. The van der Waals surface area contributed by atoms with E-state index in [0.29, 0.717) is 26.8 Å². The van der Waals surface area contributed by atoms with Crippen LogP contribution in [0.1, 0.15) is 33.6 Å². The summed E-state index contributed by atoms with van der Waals surface area (Å²) in [6.07, 6.45) is 3.19. The number of ether oxygens (including phenoxy) is 1. The molecule has 218 valence electrons. The van der Waals surface area contributed by atoms with Crippen molar-refractivity contribution in [3.8, 4) is 0 Å². The van der Waals surface area contributed by atoms with E-state index in [-0.39, 0.29) is 18.7 Å². The van der Waals surface area contributed by atoms with E-state index < -0.39 is 51.5 Å². The van der Waals surface area contributed by atoms with Gasteiger partial charge >= 0.3 is 10.8 Å². The van der Waals surface area contributed by atoms with Crippen molar-refractivity contribution in [1.29, 1.82) is 0 Å². The van der Waals surface area contributed by atoms with Gasteiger partial charge in [-0.25, -0.2) is 14.1 Å². The smallest absolute Gasteiger partial charge is 0.338 e. The summed E-state index contributed by atoms with van der Waals surface area (Å²) >= 11 is 2.01. The summed E-state index contributed by atoms with van der Waals surface area (Å²) in [6.45, 7) is 1.57. The van der Waals surface area contributed by atoms with Crippen molar-refractivity contribution in [2.45, 2.75) is 29.7 Å². The van der Waals surface area contributed by atoms with Crippen LogP contribution in [0.5, 0.6) is 0 Å². The second kappa shape index (κ2) is 11.6. The number of nitrogens with one attached hydrogen (secondary N) is 1. The average molecular weight is 619 g/mol. The van der Waals surface area contributed by atoms with E-state index in [4.69, 9.17) is 4.74 Å². The highest BCUT2D eigenvalue weighted by Gasteiger charge is 2.56. The maximum Gasteiger partial charge on any atom is 0.338 e. The molecule has 0 radical (unpaired) electrons. The Morgan fingerprint density at radius 3 is 2.44 bits per heavy atom. The monoisotopic (exact) mass is 618 g/mol. The maximum absolute atomic E-state index is 14.0.